The summed E-state index contributed by atoms with van der Waals surface area (Å²) in [6.07, 6.45) is -2.48. The number of nitriles is 1. The topological polar surface area (TPSA) is 47.3 Å². The van der Waals surface area contributed by atoms with Crippen LogP contribution in [-0.2, 0) is 22.9 Å². The molecule has 3 aromatic carbocycles. The lowest BCUT2D eigenvalue weighted by atomic mass is 9.71. The maximum Gasteiger partial charge on any atom is 0.417 e. The minimum Gasteiger partial charge on any atom is -0.385 e. The number of benzene rings is 3. The van der Waals surface area contributed by atoms with Crippen LogP contribution in [0.25, 0.3) is 0 Å². The highest BCUT2D eigenvalue weighted by molar-refractivity contribution is 7.98. The van der Waals surface area contributed by atoms with Crippen LogP contribution in [0.4, 0.5) is 13.2 Å². The van der Waals surface area contributed by atoms with E-state index in [4.69, 9.17) is 11.6 Å². The molecule has 1 unspecified atom stereocenters. The molecule has 0 bridgehead atoms. The van der Waals surface area contributed by atoms with Crippen LogP contribution in [0.2, 0.25) is 5.02 Å². The minimum absolute atomic E-state index is 0.251. The van der Waals surface area contributed by atoms with Crippen LogP contribution in [0.5, 0.6) is 0 Å². The summed E-state index contributed by atoms with van der Waals surface area (Å²) >= 11 is 7.54. The fraction of sp³-hybridized carbons (Fsp3) is 0.367. The average Bonchev–Trinajstić information content (AvgIpc) is 3.05. The first-order valence-electron chi connectivity index (χ1n) is 12.7. The minimum atomic E-state index is -4.57. The van der Waals surface area contributed by atoms with Gasteiger partial charge in [0.1, 0.15) is 5.41 Å². The van der Waals surface area contributed by atoms with E-state index in [2.05, 4.69) is 35.2 Å². The van der Waals surface area contributed by atoms with Gasteiger partial charge in [-0.05, 0) is 72.7 Å². The van der Waals surface area contributed by atoms with Gasteiger partial charge in [0, 0.05) is 23.7 Å². The van der Waals surface area contributed by atoms with E-state index >= 15 is 0 Å². The number of piperidine rings is 1. The molecule has 3 aromatic rings. The summed E-state index contributed by atoms with van der Waals surface area (Å²) in [5, 5.41) is 21.4. The molecule has 38 heavy (non-hydrogen) atoms. The van der Waals surface area contributed by atoms with E-state index in [-0.39, 0.29) is 10.6 Å². The van der Waals surface area contributed by atoms with E-state index in [1.807, 2.05) is 24.3 Å². The Bertz CT molecular complexity index is 1310. The first-order chi connectivity index (χ1) is 18.2. The highest BCUT2D eigenvalue weighted by Crippen LogP contribution is 2.47. The highest BCUT2D eigenvalue weighted by atomic mass is 35.5. The lowest BCUT2D eigenvalue weighted by molar-refractivity contribution is -0.137. The van der Waals surface area contributed by atoms with Crippen molar-refractivity contribution in [3.63, 3.8) is 0 Å². The molecule has 3 nitrogen and oxygen atoms in total. The Hall–Kier alpha value is -2.50. The van der Waals surface area contributed by atoms with Crippen LogP contribution in [-0.4, -0.2) is 29.6 Å². The van der Waals surface area contributed by atoms with Crippen molar-refractivity contribution in [2.24, 2.45) is 0 Å². The van der Waals surface area contributed by atoms with Crippen LogP contribution in [0.1, 0.15) is 53.5 Å². The summed E-state index contributed by atoms with van der Waals surface area (Å²) in [6.45, 7) is 1.86. The second kappa shape index (κ2) is 10.6. The molecule has 198 valence electrons. The fourth-order valence-corrected chi connectivity index (χ4v) is 7.15. The Balaban J connectivity index is 1.29. The molecule has 0 spiro atoms. The number of hydrogen-bond donors (Lipinski definition) is 1. The SMILES string of the molecule is N#CC1(CCCN2CCC(O)(c3ccc(Cl)c(C(F)(F)F)c3)CC2)c2ccccc2CSc2ccccc21. The number of alkyl halides is 3. The number of likely N-dealkylation sites (tertiary alicyclic amines) is 1. The molecule has 0 saturated carbocycles. The Morgan fingerprint density at radius 1 is 1.00 bits per heavy atom. The van der Waals surface area contributed by atoms with Crippen molar-refractivity contribution in [1.82, 2.24) is 4.90 Å². The van der Waals surface area contributed by atoms with Crippen molar-refractivity contribution in [2.45, 2.75) is 53.5 Å². The quantitative estimate of drug-likeness (QED) is 0.353. The summed E-state index contributed by atoms with van der Waals surface area (Å²) in [4.78, 5) is 3.36. The standard InChI is InChI=1S/C30H28ClF3N2OS/c31-26-11-10-22(18-25(26)30(32,33)34)29(37)13-16-36(17-14-29)15-5-12-28(20-35)23-7-2-1-6-21(23)19-38-27-9-4-3-8-24(27)28/h1-4,6-11,18,37H,5,12-17,19H2. The number of fused-ring (bicyclic) bond motifs is 2. The highest BCUT2D eigenvalue weighted by Gasteiger charge is 2.41. The number of halogens is 4. The third kappa shape index (κ3) is 5.08. The Kier molecular flexibility index (Phi) is 7.54. The van der Waals surface area contributed by atoms with E-state index in [9.17, 15) is 23.5 Å². The van der Waals surface area contributed by atoms with Crippen molar-refractivity contribution in [3.05, 3.63) is 99.6 Å². The first kappa shape index (κ1) is 27.1. The van der Waals surface area contributed by atoms with Gasteiger partial charge in [0.2, 0.25) is 0 Å². The molecule has 2 aliphatic rings. The zero-order chi connectivity index (χ0) is 27.0. The Morgan fingerprint density at radius 3 is 2.39 bits per heavy atom. The van der Waals surface area contributed by atoms with Gasteiger partial charge in [0.15, 0.2) is 0 Å². The zero-order valence-electron chi connectivity index (χ0n) is 20.8. The summed E-state index contributed by atoms with van der Waals surface area (Å²) in [5.74, 6) is 0.822. The van der Waals surface area contributed by atoms with E-state index in [1.165, 1.54) is 17.7 Å². The monoisotopic (exact) mass is 556 g/mol. The molecule has 8 heteroatoms. The molecule has 1 saturated heterocycles. The third-order valence-electron chi connectivity index (χ3n) is 7.92. The van der Waals surface area contributed by atoms with Gasteiger partial charge < -0.3 is 10.0 Å². The average molecular weight is 557 g/mol. The van der Waals surface area contributed by atoms with Gasteiger partial charge in [-0.3, -0.25) is 0 Å². The normalized spacial score (nSPS) is 21.2. The van der Waals surface area contributed by atoms with Crippen molar-refractivity contribution >= 4 is 23.4 Å². The summed E-state index contributed by atoms with van der Waals surface area (Å²) in [6, 6.07) is 22.7. The van der Waals surface area contributed by atoms with Gasteiger partial charge in [0.25, 0.3) is 0 Å². The van der Waals surface area contributed by atoms with E-state index in [0.29, 0.717) is 32.4 Å². The van der Waals surface area contributed by atoms with Gasteiger partial charge in [0.05, 0.1) is 22.3 Å². The van der Waals surface area contributed by atoms with Gasteiger partial charge in [-0.2, -0.15) is 18.4 Å². The lowest BCUT2D eigenvalue weighted by Crippen LogP contribution is -2.43. The summed E-state index contributed by atoms with van der Waals surface area (Å²) in [5.41, 5.74) is 0.554. The summed E-state index contributed by atoms with van der Waals surface area (Å²) < 4.78 is 40.0. The van der Waals surface area contributed by atoms with Crippen molar-refractivity contribution in [1.29, 1.82) is 5.26 Å². The second-order valence-electron chi connectivity index (χ2n) is 10.1. The van der Waals surface area contributed by atoms with Crippen LogP contribution < -0.4 is 0 Å². The van der Waals surface area contributed by atoms with E-state index < -0.39 is 22.8 Å². The lowest BCUT2D eigenvalue weighted by Gasteiger charge is -2.39. The third-order valence-corrected chi connectivity index (χ3v) is 9.37. The maximum atomic E-state index is 13.3. The van der Waals surface area contributed by atoms with Crippen LogP contribution in [0.15, 0.2) is 71.6 Å². The number of nitrogens with zero attached hydrogens (tertiary/aromatic N) is 2. The zero-order valence-corrected chi connectivity index (χ0v) is 22.3. The largest absolute Gasteiger partial charge is 0.417 e. The predicted molar refractivity (Wildman–Crippen MR) is 144 cm³/mol. The number of thioether (sulfide) groups is 1. The van der Waals surface area contributed by atoms with Gasteiger partial charge in [-0.1, -0.05) is 60.1 Å². The molecule has 0 amide bonds. The molecule has 0 radical (unpaired) electrons. The molecule has 1 atom stereocenters. The first-order valence-corrected chi connectivity index (χ1v) is 14.1. The van der Waals surface area contributed by atoms with E-state index in [0.717, 1.165) is 40.8 Å². The number of aliphatic hydroxyl groups is 1. The molecule has 2 heterocycles. The number of rotatable bonds is 5. The molecule has 1 fully saturated rings. The molecule has 0 aromatic heterocycles. The second-order valence-corrected chi connectivity index (χ2v) is 11.6. The molecule has 1 N–H and O–H groups in total. The van der Waals surface area contributed by atoms with Crippen molar-refractivity contribution < 1.29 is 18.3 Å². The Morgan fingerprint density at radius 2 is 1.68 bits per heavy atom. The van der Waals surface area contributed by atoms with E-state index in [1.54, 1.807) is 11.8 Å². The Labute approximate surface area is 230 Å². The molecule has 2 aliphatic heterocycles. The molecular formula is C30H28ClF3N2OS. The van der Waals surface area contributed by atoms with Gasteiger partial charge in [-0.25, -0.2) is 0 Å². The number of hydrogen-bond acceptors (Lipinski definition) is 4. The van der Waals surface area contributed by atoms with Gasteiger partial charge in [-0.15, -0.1) is 11.8 Å². The van der Waals surface area contributed by atoms with Crippen LogP contribution in [0.3, 0.4) is 0 Å². The molecule has 0 aliphatic carbocycles. The summed E-state index contributed by atoms with van der Waals surface area (Å²) in [7, 11) is 0. The predicted octanol–water partition coefficient (Wildman–Crippen LogP) is 7.54. The van der Waals surface area contributed by atoms with Gasteiger partial charge >= 0.3 is 6.18 Å². The fourth-order valence-electron chi connectivity index (χ4n) is 5.79. The maximum absolute atomic E-state index is 13.3. The van der Waals surface area contributed by atoms with Crippen molar-refractivity contribution in [2.75, 3.05) is 19.6 Å². The molecule has 5 rings (SSSR count). The van der Waals surface area contributed by atoms with Crippen LogP contribution >= 0.6 is 23.4 Å². The molecular weight excluding hydrogens is 529 g/mol. The van der Waals surface area contributed by atoms with Crippen molar-refractivity contribution in [3.8, 4) is 6.07 Å². The smallest absolute Gasteiger partial charge is 0.385 e. The van der Waals surface area contributed by atoms with Crippen LogP contribution in [0, 0.1) is 11.3 Å².